The van der Waals surface area contributed by atoms with E-state index >= 15 is 0 Å². The normalized spacial score (nSPS) is 11.0. The molecule has 0 saturated heterocycles. The lowest BCUT2D eigenvalue weighted by molar-refractivity contribution is -0.114. The summed E-state index contributed by atoms with van der Waals surface area (Å²) in [7, 11) is 0. The van der Waals surface area contributed by atoms with Crippen molar-refractivity contribution in [3.63, 3.8) is 0 Å². The molecule has 0 fully saturated rings. The first kappa shape index (κ1) is 19.3. The fourth-order valence-corrected chi connectivity index (χ4v) is 2.55. The molecule has 2 aromatic heterocycles. The third-order valence-electron chi connectivity index (χ3n) is 3.65. The Balaban J connectivity index is 1.90. The second-order valence-electron chi connectivity index (χ2n) is 7.46. The van der Waals surface area contributed by atoms with Gasteiger partial charge in [-0.15, -0.1) is 0 Å². The first-order valence-corrected chi connectivity index (χ1v) is 9.01. The van der Waals surface area contributed by atoms with Crippen LogP contribution in [0.25, 0.3) is 11.3 Å². The maximum absolute atomic E-state index is 11.2. The summed E-state index contributed by atoms with van der Waals surface area (Å²) >= 11 is 0. The first-order chi connectivity index (χ1) is 13.3. The van der Waals surface area contributed by atoms with Crippen molar-refractivity contribution in [3.8, 4) is 11.3 Å². The SMILES string of the molecule is CC(=O)Nc1ccc(Nc2cc(-c3cccnc3)nc(NC(C)(C)C)n2)cc1. The van der Waals surface area contributed by atoms with Gasteiger partial charge in [-0.25, -0.2) is 4.98 Å². The number of hydrogen-bond donors (Lipinski definition) is 3. The summed E-state index contributed by atoms with van der Waals surface area (Å²) < 4.78 is 0. The van der Waals surface area contributed by atoms with E-state index in [-0.39, 0.29) is 11.4 Å². The number of amides is 1. The topological polar surface area (TPSA) is 91.8 Å². The maximum atomic E-state index is 11.2. The predicted molar refractivity (Wildman–Crippen MR) is 113 cm³/mol. The van der Waals surface area contributed by atoms with Crippen LogP contribution in [-0.2, 0) is 4.79 Å². The molecule has 28 heavy (non-hydrogen) atoms. The van der Waals surface area contributed by atoms with Gasteiger partial charge in [-0.3, -0.25) is 9.78 Å². The van der Waals surface area contributed by atoms with Gasteiger partial charge < -0.3 is 16.0 Å². The number of aromatic nitrogens is 3. The number of carbonyl (C=O) groups is 1. The smallest absolute Gasteiger partial charge is 0.225 e. The third kappa shape index (κ3) is 5.51. The molecule has 0 saturated carbocycles. The molecule has 3 aromatic rings. The van der Waals surface area contributed by atoms with Crippen LogP contribution in [-0.4, -0.2) is 26.4 Å². The summed E-state index contributed by atoms with van der Waals surface area (Å²) in [6.07, 6.45) is 3.50. The summed E-state index contributed by atoms with van der Waals surface area (Å²) in [5.74, 6) is 1.09. The van der Waals surface area contributed by atoms with Gasteiger partial charge in [0.1, 0.15) is 5.82 Å². The van der Waals surface area contributed by atoms with E-state index in [4.69, 9.17) is 0 Å². The van der Waals surface area contributed by atoms with Crippen molar-refractivity contribution in [2.75, 3.05) is 16.0 Å². The molecule has 1 aromatic carbocycles. The maximum Gasteiger partial charge on any atom is 0.225 e. The van der Waals surface area contributed by atoms with E-state index in [1.165, 1.54) is 6.92 Å². The molecule has 7 nitrogen and oxygen atoms in total. The molecule has 0 radical (unpaired) electrons. The fraction of sp³-hybridized carbons (Fsp3) is 0.238. The molecule has 2 heterocycles. The zero-order chi connectivity index (χ0) is 20.1. The van der Waals surface area contributed by atoms with Gasteiger partial charge in [0.2, 0.25) is 11.9 Å². The van der Waals surface area contributed by atoms with E-state index in [2.05, 4.69) is 51.7 Å². The highest BCUT2D eigenvalue weighted by Gasteiger charge is 2.14. The molecular formula is C21H24N6O. The van der Waals surface area contributed by atoms with Gasteiger partial charge in [0, 0.05) is 47.9 Å². The highest BCUT2D eigenvalue weighted by molar-refractivity contribution is 5.88. The Kier molecular flexibility index (Phi) is 5.54. The second kappa shape index (κ2) is 8.04. The van der Waals surface area contributed by atoms with Crippen LogP contribution >= 0.6 is 0 Å². The van der Waals surface area contributed by atoms with E-state index in [0.29, 0.717) is 11.8 Å². The average Bonchev–Trinajstić information content (AvgIpc) is 2.62. The van der Waals surface area contributed by atoms with Crippen molar-refractivity contribution >= 4 is 29.0 Å². The van der Waals surface area contributed by atoms with Gasteiger partial charge in [-0.2, -0.15) is 4.98 Å². The molecule has 0 unspecified atom stereocenters. The molecule has 7 heteroatoms. The van der Waals surface area contributed by atoms with Gasteiger partial charge in [-0.1, -0.05) is 0 Å². The Morgan fingerprint density at radius 2 is 1.71 bits per heavy atom. The number of nitrogens with one attached hydrogen (secondary N) is 3. The van der Waals surface area contributed by atoms with Crippen LogP contribution in [0, 0.1) is 0 Å². The summed E-state index contributed by atoms with van der Waals surface area (Å²) in [6, 6.07) is 13.2. The summed E-state index contributed by atoms with van der Waals surface area (Å²) in [5, 5.41) is 9.37. The lowest BCUT2D eigenvalue weighted by Crippen LogP contribution is -2.27. The van der Waals surface area contributed by atoms with Crippen LogP contribution in [0.1, 0.15) is 27.7 Å². The van der Waals surface area contributed by atoms with Gasteiger partial charge in [0.05, 0.1) is 5.69 Å². The Hall–Kier alpha value is -3.48. The van der Waals surface area contributed by atoms with Crippen molar-refractivity contribution in [1.29, 1.82) is 0 Å². The van der Waals surface area contributed by atoms with Gasteiger partial charge in [0.15, 0.2) is 0 Å². The molecule has 0 aliphatic heterocycles. The molecule has 144 valence electrons. The number of hydrogen-bond acceptors (Lipinski definition) is 6. The van der Waals surface area contributed by atoms with Crippen molar-refractivity contribution in [2.24, 2.45) is 0 Å². The predicted octanol–water partition coefficient (Wildman–Crippen LogP) is 4.45. The van der Waals surface area contributed by atoms with Crippen LogP contribution in [0.5, 0.6) is 0 Å². The monoisotopic (exact) mass is 376 g/mol. The number of nitrogens with zero attached hydrogens (tertiary/aromatic N) is 3. The van der Waals surface area contributed by atoms with Crippen molar-refractivity contribution in [1.82, 2.24) is 15.0 Å². The molecule has 3 N–H and O–H groups in total. The van der Waals surface area contributed by atoms with Crippen molar-refractivity contribution in [2.45, 2.75) is 33.2 Å². The fourth-order valence-electron chi connectivity index (χ4n) is 2.55. The average molecular weight is 376 g/mol. The number of pyridine rings is 1. The van der Waals surface area contributed by atoms with Gasteiger partial charge in [0.25, 0.3) is 0 Å². The highest BCUT2D eigenvalue weighted by Crippen LogP contribution is 2.25. The van der Waals surface area contributed by atoms with Crippen LogP contribution in [0.15, 0.2) is 54.9 Å². The Morgan fingerprint density at radius 1 is 1.00 bits per heavy atom. The van der Waals surface area contributed by atoms with Gasteiger partial charge >= 0.3 is 0 Å². The molecule has 0 atom stereocenters. The van der Waals surface area contributed by atoms with E-state index in [0.717, 1.165) is 22.6 Å². The summed E-state index contributed by atoms with van der Waals surface area (Å²) in [5.41, 5.74) is 3.10. The van der Waals surface area contributed by atoms with Crippen molar-refractivity contribution in [3.05, 3.63) is 54.9 Å². The largest absolute Gasteiger partial charge is 0.350 e. The first-order valence-electron chi connectivity index (χ1n) is 9.01. The minimum absolute atomic E-state index is 0.101. The quantitative estimate of drug-likeness (QED) is 0.609. The third-order valence-corrected chi connectivity index (χ3v) is 3.65. The number of anilines is 4. The Bertz CT molecular complexity index is 949. The van der Waals surface area contributed by atoms with E-state index in [1.807, 2.05) is 42.5 Å². The Morgan fingerprint density at radius 3 is 2.32 bits per heavy atom. The molecule has 0 aliphatic carbocycles. The number of carbonyl (C=O) groups excluding carboxylic acids is 1. The zero-order valence-electron chi connectivity index (χ0n) is 16.4. The van der Waals surface area contributed by atoms with E-state index in [9.17, 15) is 4.79 Å². The molecule has 0 bridgehead atoms. The van der Waals surface area contributed by atoms with Gasteiger partial charge in [-0.05, 0) is 57.2 Å². The lowest BCUT2D eigenvalue weighted by atomic mass is 10.1. The Labute approximate surface area is 164 Å². The van der Waals surface area contributed by atoms with Crippen LogP contribution in [0.4, 0.5) is 23.1 Å². The molecule has 0 aliphatic rings. The number of rotatable bonds is 5. The highest BCUT2D eigenvalue weighted by atomic mass is 16.1. The van der Waals surface area contributed by atoms with E-state index < -0.39 is 0 Å². The molecule has 1 amide bonds. The minimum atomic E-state index is -0.176. The molecule has 3 rings (SSSR count). The minimum Gasteiger partial charge on any atom is -0.350 e. The molecular weight excluding hydrogens is 352 g/mol. The van der Waals surface area contributed by atoms with Crippen LogP contribution in [0.3, 0.4) is 0 Å². The number of benzene rings is 1. The summed E-state index contributed by atoms with van der Waals surface area (Å²) in [4.78, 5) is 24.5. The summed E-state index contributed by atoms with van der Waals surface area (Å²) in [6.45, 7) is 7.65. The van der Waals surface area contributed by atoms with E-state index in [1.54, 1.807) is 12.4 Å². The molecule has 0 spiro atoms. The van der Waals surface area contributed by atoms with Crippen molar-refractivity contribution < 1.29 is 4.79 Å². The second-order valence-corrected chi connectivity index (χ2v) is 7.46. The van der Waals surface area contributed by atoms with Crippen LogP contribution in [0.2, 0.25) is 0 Å². The lowest BCUT2D eigenvalue weighted by Gasteiger charge is -2.21. The van der Waals surface area contributed by atoms with Crippen LogP contribution < -0.4 is 16.0 Å². The standard InChI is InChI=1S/C21H24N6O/c1-14(28)23-16-7-9-17(10-8-16)24-19-12-18(15-6-5-11-22-13-15)25-20(26-19)27-21(2,3)4/h5-13H,1-4H3,(H,23,28)(H2,24,25,26,27). The zero-order valence-corrected chi connectivity index (χ0v) is 16.4.